The zero-order valence-corrected chi connectivity index (χ0v) is 11.8. The lowest BCUT2D eigenvalue weighted by Crippen LogP contribution is -2.03. The Morgan fingerprint density at radius 1 is 1.53 bits per heavy atom. The summed E-state index contributed by atoms with van der Waals surface area (Å²) >= 11 is 7.86. The molecule has 5 heteroatoms. The second kappa shape index (κ2) is 7.80. The third-order valence-corrected chi connectivity index (χ3v) is 3.91. The molecule has 17 heavy (non-hydrogen) atoms. The highest BCUT2D eigenvalue weighted by Gasteiger charge is 2.07. The van der Waals surface area contributed by atoms with Crippen molar-refractivity contribution in [1.82, 2.24) is 4.98 Å². The molecule has 0 aromatic carbocycles. The van der Waals surface area contributed by atoms with Gasteiger partial charge < -0.3 is 10.4 Å². The highest BCUT2D eigenvalue weighted by Crippen LogP contribution is 2.24. The molecule has 0 bridgehead atoms. The first-order valence-electron chi connectivity index (χ1n) is 5.79. The van der Waals surface area contributed by atoms with E-state index in [4.69, 9.17) is 16.7 Å². The summed E-state index contributed by atoms with van der Waals surface area (Å²) in [5.74, 6) is 1.64. The van der Waals surface area contributed by atoms with Crippen LogP contribution in [0.5, 0.6) is 0 Å². The van der Waals surface area contributed by atoms with Crippen molar-refractivity contribution in [3.8, 4) is 0 Å². The fourth-order valence-corrected chi connectivity index (χ4v) is 2.54. The van der Waals surface area contributed by atoms with Crippen LogP contribution < -0.4 is 5.32 Å². The van der Waals surface area contributed by atoms with Crippen LogP contribution in [-0.4, -0.2) is 28.5 Å². The van der Waals surface area contributed by atoms with Crippen LogP contribution in [0.4, 0.5) is 5.82 Å². The minimum absolute atomic E-state index is 0.229. The van der Waals surface area contributed by atoms with E-state index >= 15 is 0 Å². The minimum atomic E-state index is 0.229. The molecule has 0 amide bonds. The fraction of sp³-hybridized carbons (Fsp3) is 0.583. The predicted molar refractivity (Wildman–Crippen MR) is 75.9 cm³/mol. The summed E-state index contributed by atoms with van der Waals surface area (Å²) in [5.41, 5.74) is 0.903. The molecule has 1 unspecified atom stereocenters. The normalized spacial score (nSPS) is 12.5. The second-order valence-electron chi connectivity index (χ2n) is 3.79. The molecule has 1 aromatic rings. The second-order valence-corrected chi connectivity index (χ2v) is 5.62. The molecule has 0 radical (unpaired) electrons. The molecule has 3 nitrogen and oxygen atoms in total. The van der Waals surface area contributed by atoms with E-state index in [1.54, 1.807) is 11.8 Å². The van der Waals surface area contributed by atoms with Gasteiger partial charge in [-0.1, -0.05) is 18.5 Å². The van der Waals surface area contributed by atoms with Crippen molar-refractivity contribution < 1.29 is 5.11 Å². The molecule has 0 spiro atoms. The standard InChI is InChI=1S/C12H19ClN2OS/c1-3-14-12-5-4-10(13)11(15-12)8-17-9(2)6-7-16/h4-5,9,16H,3,6-8H2,1-2H3,(H,14,15). The average molecular weight is 275 g/mol. The van der Waals surface area contributed by atoms with Crippen LogP contribution in [0.3, 0.4) is 0 Å². The van der Waals surface area contributed by atoms with Crippen LogP contribution in [0.1, 0.15) is 26.0 Å². The van der Waals surface area contributed by atoms with Gasteiger partial charge in [0.05, 0.1) is 10.7 Å². The highest BCUT2D eigenvalue weighted by molar-refractivity contribution is 7.99. The van der Waals surface area contributed by atoms with Gasteiger partial charge in [-0.05, 0) is 25.5 Å². The van der Waals surface area contributed by atoms with Crippen LogP contribution in [0.25, 0.3) is 0 Å². The number of nitrogens with zero attached hydrogens (tertiary/aromatic N) is 1. The third-order valence-electron chi connectivity index (χ3n) is 2.32. The van der Waals surface area contributed by atoms with E-state index in [1.165, 1.54) is 0 Å². The van der Waals surface area contributed by atoms with Crippen LogP contribution in [0, 0.1) is 0 Å². The summed E-state index contributed by atoms with van der Waals surface area (Å²) in [7, 11) is 0. The zero-order chi connectivity index (χ0) is 12.7. The number of nitrogens with one attached hydrogen (secondary N) is 1. The Balaban J connectivity index is 2.59. The largest absolute Gasteiger partial charge is 0.396 e. The first kappa shape index (κ1) is 14.6. The van der Waals surface area contributed by atoms with Gasteiger partial charge in [0, 0.05) is 24.2 Å². The third kappa shape index (κ3) is 5.15. The fourth-order valence-electron chi connectivity index (χ4n) is 1.35. The van der Waals surface area contributed by atoms with Gasteiger partial charge in [0.15, 0.2) is 0 Å². The lowest BCUT2D eigenvalue weighted by atomic mass is 10.3. The number of anilines is 1. The van der Waals surface area contributed by atoms with Crippen molar-refractivity contribution in [2.24, 2.45) is 0 Å². The lowest BCUT2D eigenvalue weighted by Gasteiger charge is -2.11. The van der Waals surface area contributed by atoms with Crippen LogP contribution in [0.15, 0.2) is 12.1 Å². The molecule has 0 saturated carbocycles. The quantitative estimate of drug-likeness (QED) is 0.802. The number of hydrogen-bond acceptors (Lipinski definition) is 4. The van der Waals surface area contributed by atoms with Gasteiger partial charge in [-0.2, -0.15) is 11.8 Å². The van der Waals surface area contributed by atoms with Gasteiger partial charge in [0.25, 0.3) is 0 Å². The Labute approximate surface area is 112 Å². The molecular formula is C12H19ClN2OS. The number of aliphatic hydroxyl groups excluding tert-OH is 1. The molecule has 0 saturated heterocycles. The highest BCUT2D eigenvalue weighted by atomic mass is 35.5. The molecule has 0 aliphatic heterocycles. The van der Waals surface area contributed by atoms with Crippen molar-refractivity contribution in [1.29, 1.82) is 0 Å². The molecule has 0 fully saturated rings. The molecule has 1 rings (SSSR count). The molecule has 1 atom stereocenters. The summed E-state index contributed by atoms with van der Waals surface area (Å²) in [6, 6.07) is 3.76. The van der Waals surface area contributed by atoms with Gasteiger partial charge in [0.2, 0.25) is 0 Å². The van der Waals surface area contributed by atoms with E-state index in [0.29, 0.717) is 10.3 Å². The summed E-state index contributed by atoms with van der Waals surface area (Å²) in [4.78, 5) is 4.47. The first-order chi connectivity index (χ1) is 8.17. The average Bonchev–Trinajstić information content (AvgIpc) is 2.30. The van der Waals surface area contributed by atoms with Crippen molar-refractivity contribution in [2.45, 2.75) is 31.3 Å². The first-order valence-corrected chi connectivity index (χ1v) is 7.21. The predicted octanol–water partition coefficient (Wildman–Crippen LogP) is 3.17. The molecule has 0 aliphatic carbocycles. The van der Waals surface area contributed by atoms with E-state index in [-0.39, 0.29) is 6.61 Å². The number of pyridine rings is 1. The van der Waals surface area contributed by atoms with E-state index < -0.39 is 0 Å². The molecular weight excluding hydrogens is 256 g/mol. The van der Waals surface area contributed by atoms with Gasteiger partial charge in [0.1, 0.15) is 5.82 Å². The Hall–Kier alpha value is -0.450. The van der Waals surface area contributed by atoms with E-state index in [2.05, 4.69) is 17.2 Å². The molecule has 2 N–H and O–H groups in total. The van der Waals surface area contributed by atoms with Crippen LogP contribution in [-0.2, 0) is 5.75 Å². The summed E-state index contributed by atoms with van der Waals surface area (Å²) in [6.07, 6.45) is 0.801. The Morgan fingerprint density at radius 2 is 2.29 bits per heavy atom. The molecule has 96 valence electrons. The van der Waals surface area contributed by atoms with Gasteiger partial charge in [-0.15, -0.1) is 0 Å². The summed E-state index contributed by atoms with van der Waals surface area (Å²) < 4.78 is 0. The molecule has 1 aromatic heterocycles. The number of aromatic nitrogens is 1. The van der Waals surface area contributed by atoms with Crippen LogP contribution in [0.2, 0.25) is 5.02 Å². The Bertz CT molecular complexity index is 349. The zero-order valence-electron chi connectivity index (χ0n) is 10.2. The number of aliphatic hydroxyl groups is 1. The van der Waals surface area contributed by atoms with Crippen molar-refractivity contribution >= 4 is 29.2 Å². The van der Waals surface area contributed by atoms with Gasteiger partial charge >= 0.3 is 0 Å². The van der Waals surface area contributed by atoms with Crippen molar-refractivity contribution in [3.63, 3.8) is 0 Å². The van der Waals surface area contributed by atoms with E-state index in [9.17, 15) is 0 Å². The molecule has 1 heterocycles. The lowest BCUT2D eigenvalue weighted by molar-refractivity contribution is 0.289. The number of hydrogen-bond donors (Lipinski definition) is 2. The van der Waals surface area contributed by atoms with Gasteiger partial charge in [-0.25, -0.2) is 4.98 Å². The van der Waals surface area contributed by atoms with E-state index in [1.807, 2.05) is 19.1 Å². The van der Waals surface area contributed by atoms with Crippen molar-refractivity contribution in [2.75, 3.05) is 18.5 Å². The Morgan fingerprint density at radius 3 is 2.94 bits per heavy atom. The maximum absolute atomic E-state index is 8.84. The number of rotatable bonds is 7. The Kier molecular flexibility index (Phi) is 6.70. The van der Waals surface area contributed by atoms with E-state index in [0.717, 1.165) is 30.2 Å². The summed E-state index contributed by atoms with van der Waals surface area (Å²) in [6.45, 7) is 5.21. The smallest absolute Gasteiger partial charge is 0.126 e. The topological polar surface area (TPSA) is 45.1 Å². The minimum Gasteiger partial charge on any atom is -0.396 e. The number of thioether (sulfide) groups is 1. The maximum atomic E-state index is 8.84. The van der Waals surface area contributed by atoms with Crippen molar-refractivity contribution in [3.05, 3.63) is 22.8 Å². The SMILES string of the molecule is CCNc1ccc(Cl)c(CSC(C)CCO)n1. The maximum Gasteiger partial charge on any atom is 0.126 e. The number of halogens is 1. The van der Waals surface area contributed by atoms with Crippen LogP contribution >= 0.6 is 23.4 Å². The van der Waals surface area contributed by atoms with Gasteiger partial charge in [-0.3, -0.25) is 0 Å². The summed E-state index contributed by atoms with van der Waals surface area (Å²) in [5, 5.41) is 13.1. The monoisotopic (exact) mass is 274 g/mol. The molecule has 0 aliphatic rings.